The highest BCUT2D eigenvalue weighted by Gasteiger charge is 2.06. The Bertz CT molecular complexity index is 824. The number of aryl methyl sites for hydroxylation is 1. The predicted molar refractivity (Wildman–Crippen MR) is 97.7 cm³/mol. The number of benzene rings is 2. The molecule has 4 nitrogen and oxygen atoms in total. The van der Waals surface area contributed by atoms with Crippen molar-refractivity contribution in [1.82, 2.24) is 10.3 Å². The van der Waals surface area contributed by atoms with Gasteiger partial charge in [-0.2, -0.15) is 0 Å². The maximum absolute atomic E-state index is 9.81. The minimum absolute atomic E-state index is 0.181. The van der Waals surface area contributed by atoms with Gasteiger partial charge in [-0.1, -0.05) is 31.2 Å². The third-order valence-corrected chi connectivity index (χ3v) is 4.41. The molecule has 0 fully saturated rings. The molecule has 126 valence electrons. The molecule has 1 aromatic heterocycles. The van der Waals surface area contributed by atoms with Crippen LogP contribution >= 0.6 is 0 Å². The first-order valence-electron chi connectivity index (χ1n) is 8.37. The summed E-state index contributed by atoms with van der Waals surface area (Å²) < 4.78 is 5.06. The number of phenolic OH excluding ortho intramolecular Hbond substituents is 1. The summed E-state index contributed by atoms with van der Waals surface area (Å²) in [5, 5.41) is 14.6. The number of aromatic hydroxyl groups is 1. The molecule has 0 aliphatic carbocycles. The number of hydrogen-bond donors (Lipinski definition) is 3. The Morgan fingerprint density at radius 3 is 2.79 bits per heavy atom. The molecular formula is C20H24N2O2. The lowest BCUT2D eigenvalue weighted by atomic mass is 10.1. The molecular weight excluding hydrogens is 300 g/mol. The summed E-state index contributed by atoms with van der Waals surface area (Å²) in [7, 11) is 1.55. The molecule has 0 aliphatic rings. The monoisotopic (exact) mass is 324 g/mol. The fraction of sp³-hybridized carbons (Fsp3) is 0.300. The van der Waals surface area contributed by atoms with E-state index < -0.39 is 0 Å². The standard InChI is InChI=1S/C20H24N2O2/c1-3-15-5-4-6-17-16(13-22-20(15)17)9-10-21-12-14-7-8-19(24-2)18(23)11-14/h4-8,11,13,21-23H,3,9-10,12H2,1-2H3. The van der Waals surface area contributed by atoms with Gasteiger partial charge in [0, 0.05) is 23.6 Å². The van der Waals surface area contributed by atoms with Crippen molar-refractivity contribution < 1.29 is 9.84 Å². The number of rotatable bonds is 7. The van der Waals surface area contributed by atoms with E-state index in [1.54, 1.807) is 19.2 Å². The van der Waals surface area contributed by atoms with Crippen molar-refractivity contribution >= 4 is 10.9 Å². The molecule has 0 atom stereocenters. The summed E-state index contributed by atoms with van der Waals surface area (Å²) in [5.41, 5.74) is 5.00. The third kappa shape index (κ3) is 3.39. The zero-order valence-corrected chi connectivity index (χ0v) is 14.2. The minimum Gasteiger partial charge on any atom is -0.504 e. The molecule has 3 rings (SSSR count). The highest BCUT2D eigenvalue weighted by Crippen LogP contribution is 2.26. The zero-order chi connectivity index (χ0) is 16.9. The molecule has 0 unspecified atom stereocenters. The van der Waals surface area contributed by atoms with E-state index in [9.17, 15) is 5.11 Å². The largest absolute Gasteiger partial charge is 0.504 e. The van der Waals surface area contributed by atoms with Crippen molar-refractivity contribution in [3.63, 3.8) is 0 Å². The van der Waals surface area contributed by atoms with Gasteiger partial charge in [0.2, 0.25) is 0 Å². The minimum atomic E-state index is 0.181. The van der Waals surface area contributed by atoms with Crippen LogP contribution < -0.4 is 10.1 Å². The molecule has 4 heteroatoms. The summed E-state index contributed by atoms with van der Waals surface area (Å²) in [6.07, 6.45) is 4.12. The van der Waals surface area contributed by atoms with E-state index in [0.717, 1.165) is 31.5 Å². The Labute approximate surface area is 142 Å². The van der Waals surface area contributed by atoms with Crippen molar-refractivity contribution in [2.45, 2.75) is 26.3 Å². The first-order valence-corrected chi connectivity index (χ1v) is 8.37. The van der Waals surface area contributed by atoms with Crippen LogP contribution in [0, 0.1) is 0 Å². The molecule has 3 aromatic rings. The Balaban J connectivity index is 1.58. The fourth-order valence-electron chi connectivity index (χ4n) is 3.08. The van der Waals surface area contributed by atoms with Crippen LogP contribution in [0.3, 0.4) is 0 Å². The average Bonchev–Trinajstić information content (AvgIpc) is 3.02. The summed E-state index contributed by atoms with van der Waals surface area (Å²) in [4.78, 5) is 3.41. The van der Waals surface area contributed by atoms with Crippen LogP contribution in [-0.2, 0) is 19.4 Å². The molecule has 0 saturated carbocycles. The van der Waals surface area contributed by atoms with Crippen molar-refractivity contribution in [3.05, 3.63) is 59.3 Å². The lowest BCUT2D eigenvalue weighted by molar-refractivity contribution is 0.373. The summed E-state index contributed by atoms with van der Waals surface area (Å²) >= 11 is 0. The zero-order valence-electron chi connectivity index (χ0n) is 14.2. The van der Waals surface area contributed by atoms with Crippen molar-refractivity contribution in [2.75, 3.05) is 13.7 Å². The smallest absolute Gasteiger partial charge is 0.160 e. The molecule has 0 aliphatic heterocycles. The first kappa shape index (κ1) is 16.4. The van der Waals surface area contributed by atoms with Crippen molar-refractivity contribution in [3.8, 4) is 11.5 Å². The van der Waals surface area contributed by atoms with Crippen LogP contribution in [-0.4, -0.2) is 23.7 Å². The van der Waals surface area contributed by atoms with Crippen LogP contribution in [0.4, 0.5) is 0 Å². The molecule has 0 spiro atoms. The highest BCUT2D eigenvalue weighted by atomic mass is 16.5. The highest BCUT2D eigenvalue weighted by molar-refractivity contribution is 5.86. The molecule has 3 N–H and O–H groups in total. The van der Waals surface area contributed by atoms with Crippen LogP contribution in [0.1, 0.15) is 23.6 Å². The Morgan fingerprint density at radius 2 is 2.04 bits per heavy atom. The summed E-state index contributed by atoms with van der Waals surface area (Å²) in [6.45, 7) is 3.79. The number of hydrogen-bond acceptors (Lipinski definition) is 3. The van der Waals surface area contributed by atoms with Gasteiger partial charge in [-0.25, -0.2) is 0 Å². The van der Waals surface area contributed by atoms with E-state index in [4.69, 9.17) is 4.74 Å². The fourth-order valence-corrected chi connectivity index (χ4v) is 3.08. The molecule has 2 aromatic carbocycles. The number of ether oxygens (including phenoxy) is 1. The maximum atomic E-state index is 9.81. The van der Waals surface area contributed by atoms with Gasteiger partial charge >= 0.3 is 0 Å². The molecule has 0 amide bonds. The topological polar surface area (TPSA) is 57.3 Å². The number of H-pyrrole nitrogens is 1. The normalized spacial score (nSPS) is 11.1. The summed E-state index contributed by atoms with van der Waals surface area (Å²) in [6, 6.07) is 12.0. The van der Waals surface area contributed by atoms with Crippen LogP contribution in [0.2, 0.25) is 0 Å². The number of phenols is 1. The Kier molecular flexibility index (Phi) is 5.06. The van der Waals surface area contributed by atoms with Gasteiger partial charge in [0.1, 0.15) is 0 Å². The molecule has 24 heavy (non-hydrogen) atoms. The molecule has 0 saturated heterocycles. The Morgan fingerprint density at radius 1 is 1.17 bits per heavy atom. The van der Waals surface area contributed by atoms with E-state index in [0.29, 0.717) is 5.75 Å². The number of nitrogens with one attached hydrogen (secondary N) is 2. The number of aromatic amines is 1. The van der Waals surface area contributed by atoms with Crippen molar-refractivity contribution in [2.24, 2.45) is 0 Å². The summed E-state index contributed by atoms with van der Waals surface area (Å²) in [5.74, 6) is 0.685. The Hall–Kier alpha value is -2.46. The van der Waals surface area contributed by atoms with E-state index >= 15 is 0 Å². The lowest BCUT2D eigenvalue weighted by Crippen LogP contribution is -2.16. The quantitative estimate of drug-likeness (QED) is 0.580. The van der Waals surface area contributed by atoms with Gasteiger partial charge in [0.15, 0.2) is 11.5 Å². The number of methoxy groups -OCH3 is 1. The van der Waals surface area contributed by atoms with Crippen LogP contribution in [0.25, 0.3) is 10.9 Å². The maximum Gasteiger partial charge on any atom is 0.160 e. The van der Waals surface area contributed by atoms with Crippen LogP contribution in [0.15, 0.2) is 42.6 Å². The average molecular weight is 324 g/mol. The SMILES string of the molecule is CCc1cccc2c(CCNCc3ccc(OC)c(O)c3)c[nH]c12. The van der Waals surface area contributed by atoms with Gasteiger partial charge in [0.25, 0.3) is 0 Å². The van der Waals surface area contributed by atoms with E-state index in [1.165, 1.54) is 22.0 Å². The van der Waals surface area contributed by atoms with Gasteiger partial charge < -0.3 is 20.1 Å². The van der Waals surface area contributed by atoms with Crippen molar-refractivity contribution in [1.29, 1.82) is 0 Å². The van der Waals surface area contributed by atoms with Gasteiger partial charge in [-0.15, -0.1) is 0 Å². The number of aromatic nitrogens is 1. The lowest BCUT2D eigenvalue weighted by Gasteiger charge is -2.08. The second kappa shape index (κ2) is 7.41. The second-order valence-electron chi connectivity index (χ2n) is 5.94. The van der Waals surface area contributed by atoms with E-state index in [-0.39, 0.29) is 5.75 Å². The number of para-hydroxylation sites is 1. The van der Waals surface area contributed by atoms with E-state index in [2.05, 4.69) is 41.6 Å². The molecule has 0 bridgehead atoms. The predicted octanol–water partition coefficient (Wildman–Crippen LogP) is 3.78. The van der Waals surface area contributed by atoms with Gasteiger partial charge in [-0.05, 0) is 48.2 Å². The third-order valence-electron chi connectivity index (χ3n) is 4.41. The van der Waals surface area contributed by atoms with Crippen LogP contribution in [0.5, 0.6) is 11.5 Å². The second-order valence-corrected chi connectivity index (χ2v) is 5.94. The first-order chi connectivity index (χ1) is 11.7. The van der Waals surface area contributed by atoms with Gasteiger partial charge in [-0.3, -0.25) is 0 Å². The van der Waals surface area contributed by atoms with Gasteiger partial charge in [0.05, 0.1) is 7.11 Å². The number of fused-ring (bicyclic) bond motifs is 1. The van der Waals surface area contributed by atoms with E-state index in [1.807, 2.05) is 6.07 Å². The molecule has 0 radical (unpaired) electrons. The molecule has 1 heterocycles.